The van der Waals surface area contributed by atoms with Gasteiger partial charge in [0.05, 0.1) is 0 Å². The zero-order chi connectivity index (χ0) is 22.5. The summed E-state index contributed by atoms with van der Waals surface area (Å²) in [5.41, 5.74) is 3.15. The molecule has 0 N–H and O–H groups in total. The Kier molecular flexibility index (Phi) is 12.9. The molecule has 1 aromatic rings. The molecule has 0 amide bonds. The zero-order valence-electron chi connectivity index (χ0n) is 21.0. The predicted octanol–water partition coefficient (Wildman–Crippen LogP) is 7.90. The van der Waals surface area contributed by atoms with Crippen LogP contribution in [0.3, 0.4) is 0 Å². The van der Waals surface area contributed by atoms with Crippen LogP contribution in [0.1, 0.15) is 123 Å². The van der Waals surface area contributed by atoms with Gasteiger partial charge in [0.1, 0.15) is 0 Å². The molecule has 1 nitrogen and oxygen atoms in total. The summed E-state index contributed by atoms with van der Waals surface area (Å²) in [7, 11) is 2.10. The first-order valence-electron chi connectivity index (χ1n) is 12.7. The van der Waals surface area contributed by atoms with Crippen molar-refractivity contribution in [2.75, 3.05) is 0 Å². The summed E-state index contributed by atoms with van der Waals surface area (Å²) >= 11 is 0. The minimum absolute atomic E-state index is 0.0518. The molecule has 1 rings (SSSR count). The first-order valence-corrected chi connectivity index (χ1v) is 12.7. The third-order valence-corrected chi connectivity index (χ3v) is 6.82. The van der Waals surface area contributed by atoms with E-state index in [2.05, 4.69) is 73.8 Å². The summed E-state index contributed by atoms with van der Waals surface area (Å²) in [5, 5.41) is 0.0518. The van der Waals surface area contributed by atoms with Crippen molar-refractivity contribution in [1.82, 2.24) is 0 Å². The van der Waals surface area contributed by atoms with E-state index in [-0.39, 0.29) is 10.7 Å². The van der Waals surface area contributed by atoms with Crippen LogP contribution in [0.25, 0.3) is 0 Å². The van der Waals surface area contributed by atoms with Gasteiger partial charge < -0.3 is 0 Å². The number of unbranched alkanes of at least 4 members (excludes halogenated alkanes) is 6. The number of hydrogen-bond donors (Lipinski definition) is 0. The quantitative estimate of drug-likeness (QED) is 0.189. The first-order chi connectivity index (χ1) is 14.2. The standard InChI is InChI=1S/C27H47B2O/c1-7-10-12-14-18-27(6,19-15-13-11-8-2)29-25(30)21-23-17-16-20-28-24(23)22-26(4,5)9-3/h16-17,20H,7-15,18-19,21-22H2,1-6H3. The van der Waals surface area contributed by atoms with Gasteiger partial charge in [-0.3, -0.25) is 0 Å². The molecule has 1 heterocycles. The van der Waals surface area contributed by atoms with E-state index >= 15 is 0 Å². The predicted molar refractivity (Wildman–Crippen MR) is 136 cm³/mol. The molecular formula is C27H47B2O. The van der Waals surface area contributed by atoms with E-state index in [1.54, 1.807) is 0 Å². The Bertz CT molecular complexity index is 597. The number of hydrogen-bond acceptors (Lipinski definition) is 1. The Morgan fingerprint density at radius 2 is 1.53 bits per heavy atom. The Labute approximate surface area is 189 Å². The van der Waals surface area contributed by atoms with Crippen LogP contribution < -0.4 is 0 Å². The van der Waals surface area contributed by atoms with Gasteiger partial charge in [0.2, 0.25) is 0 Å². The molecule has 0 saturated carbocycles. The average Bonchev–Trinajstić information content (AvgIpc) is 2.70. The number of carbonyl (C=O) groups is 1. The van der Waals surface area contributed by atoms with E-state index in [0.717, 1.165) is 25.7 Å². The van der Waals surface area contributed by atoms with E-state index in [1.165, 1.54) is 62.4 Å². The Morgan fingerprint density at radius 3 is 2.07 bits per heavy atom. The molecule has 0 saturated heterocycles. The molecule has 30 heavy (non-hydrogen) atoms. The van der Waals surface area contributed by atoms with Crippen molar-refractivity contribution in [3.05, 3.63) is 29.1 Å². The zero-order valence-corrected chi connectivity index (χ0v) is 21.0. The summed E-state index contributed by atoms with van der Waals surface area (Å²) in [5.74, 6) is 2.12. The van der Waals surface area contributed by atoms with Crippen LogP contribution >= 0.6 is 0 Å². The van der Waals surface area contributed by atoms with Crippen LogP contribution in [-0.2, 0) is 17.6 Å². The molecule has 0 spiro atoms. The van der Waals surface area contributed by atoms with Crippen molar-refractivity contribution >= 4 is 19.9 Å². The molecule has 0 atom stereocenters. The maximum atomic E-state index is 13.1. The minimum atomic E-state index is 0.0518. The molecule has 1 radical (unpaired) electrons. The van der Waals surface area contributed by atoms with Crippen LogP contribution in [0.4, 0.5) is 0 Å². The molecule has 1 aromatic heterocycles. The topological polar surface area (TPSA) is 17.1 Å². The van der Waals surface area contributed by atoms with E-state index in [4.69, 9.17) is 0 Å². The van der Waals surface area contributed by atoms with Gasteiger partial charge >= 0.3 is 190 Å². The Balaban J connectivity index is 2.78. The number of carbonyl (C=O) groups excluding carboxylic acids is 1. The summed E-state index contributed by atoms with van der Waals surface area (Å²) < 4.78 is 0. The van der Waals surface area contributed by atoms with Crippen molar-refractivity contribution < 1.29 is 4.79 Å². The van der Waals surface area contributed by atoms with Gasteiger partial charge in [-0.15, -0.1) is 0 Å². The molecule has 167 valence electrons. The van der Waals surface area contributed by atoms with Gasteiger partial charge in [0.15, 0.2) is 0 Å². The van der Waals surface area contributed by atoms with Crippen molar-refractivity contribution in [3.63, 3.8) is 0 Å². The van der Waals surface area contributed by atoms with Crippen LogP contribution in [0.5, 0.6) is 0 Å². The fourth-order valence-electron chi connectivity index (χ4n) is 4.35. The van der Waals surface area contributed by atoms with E-state index in [0.29, 0.717) is 12.1 Å². The monoisotopic (exact) mass is 409 g/mol. The van der Waals surface area contributed by atoms with Crippen molar-refractivity contribution in [3.8, 4) is 0 Å². The molecule has 0 bridgehead atoms. The Hall–Kier alpha value is -0.850. The molecule has 3 heteroatoms. The molecular weight excluding hydrogens is 362 g/mol. The molecule has 0 aliphatic carbocycles. The summed E-state index contributed by atoms with van der Waals surface area (Å²) in [6.45, 7) is 16.0. The van der Waals surface area contributed by atoms with Gasteiger partial charge in [-0.25, -0.2) is 0 Å². The third kappa shape index (κ3) is 11.0. The normalized spacial score (nSPS) is 12.1. The van der Waals surface area contributed by atoms with E-state index in [1.807, 2.05) is 0 Å². The summed E-state index contributed by atoms with van der Waals surface area (Å²) in [4.78, 5) is 13.1. The fraction of sp³-hybridized carbons (Fsp3) is 0.778. The van der Waals surface area contributed by atoms with E-state index in [9.17, 15) is 4.79 Å². The summed E-state index contributed by atoms with van der Waals surface area (Å²) in [6, 6.07) is 4.24. The second-order valence-corrected chi connectivity index (χ2v) is 10.5. The first kappa shape index (κ1) is 27.2. The SMILES string of the molecule is CCCCCCC(C)([B]C(=O)Cc1cccbc1CC(C)(C)CC)CCCCCC. The molecule has 0 aliphatic rings. The Morgan fingerprint density at radius 1 is 0.933 bits per heavy atom. The second-order valence-electron chi connectivity index (χ2n) is 10.5. The van der Waals surface area contributed by atoms with Crippen LogP contribution in [-0.4, -0.2) is 19.9 Å². The average molecular weight is 409 g/mol. The van der Waals surface area contributed by atoms with Crippen molar-refractivity contribution in [1.29, 1.82) is 0 Å². The molecule has 0 unspecified atom stereocenters. The van der Waals surface area contributed by atoms with E-state index < -0.39 is 0 Å². The van der Waals surface area contributed by atoms with Gasteiger partial charge in [-0.2, -0.15) is 0 Å². The van der Waals surface area contributed by atoms with Crippen LogP contribution in [0.15, 0.2) is 18.1 Å². The van der Waals surface area contributed by atoms with Crippen LogP contribution in [0, 0.1) is 5.41 Å². The molecule has 0 aliphatic heterocycles. The van der Waals surface area contributed by atoms with Crippen LogP contribution in [0.2, 0.25) is 5.31 Å². The van der Waals surface area contributed by atoms with Gasteiger partial charge in [0, 0.05) is 0 Å². The third-order valence-electron chi connectivity index (χ3n) is 6.82. The van der Waals surface area contributed by atoms with Gasteiger partial charge in [-0.05, 0) is 0 Å². The maximum absolute atomic E-state index is 13.1. The van der Waals surface area contributed by atoms with Gasteiger partial charge in [-0.1, -0.05) is 0 Å². The van der Waals surface area contributed by atoms with Crippen molar-refractivity contribution in [2.45, 2.75) is 130 Å². The van der Waals surface area contributed by atoms with Gasteiger partial charge in [0.25, 0.3) is 0 Å². The fourth-order valence-corrected chi connectivity index (χ4v) is 4.35. The second kappa shape index (κ2) is 14.3. The number of rotatable bonds is 17. The molecule has 0 fully saturated rings. The van der Waals surface area contributed by atoms with Crippen molar-refractivity contribution in [2.24, 2.45) is 5.41 Å². The summed E-state index contributed by atoms with van der Waals surface area (Å²) in [6.07, 6.45) is 15.2. The molecule has 0 aromatic carbocycles.